The van der Waals surface area contributed by atoms with Crippen LogP contribution in [0, 0.1) is 13.8 Å². The highest BCUT2D eigenvalue weighted by molar-refractivity contribution is 5.41. The van der Waals surface area contributed by atoms with Crippen molar-refractivity contribution < 1.29 is 4.74 Å². The molecule has 0 aliphatic rings. The van der Waals surface area contributed by atoms with Gasteiger partial charge in [-0.15, -0.1) is 0 Å². The summed E-state index contributed by atoms with van der Waals surface area (Å²) >= 11 is 0. The third-order valence-electron chi connectivity index (χ3n) is 3.80. The van der Waals surface area contributed by atoms with Gasteiger partial charge in [0.1, 0.15) is 5.75 Å². The molecule has 1 rings (SSSR count). The number of nitrogens with two attached hydrogens (primary N) is 1. The third kappa shape index (κ3) is 5.54. The molecule has 0 aliphatic heterocycles. The topological polar surface area (TPSA) is 35.2 Å². The Hall–Kier alpha value is -1.02. The Bertz CT molecular complexity index is 377. The van der Waals surface area contributed by atoms with Crippen LogP contribution in [0.25, 0.3) is 0 Å². The van der Waals surface area contributed by atoms with Crippen LogP contribution >= 0.6 is 0 Å². The van der Waals surface area contributed by atoms with Crippen molar-refractivity contribution in [1.82, 2.24) is 0 Å². The summed E-state index contributed by atoms with van der Waals surface area (Å²) in [7, 11) is 0. The normalized spacial score (nSPS) is 12.4. The lowest BCUT2D eigenvalue weighted by Crippen LogP contribution is -2.19. The van der Waals surface area contributed by atoms with E-state index in [0.717, 1.165) is 38.0 Å². The molecule has 0 spiro atoms. The van der Waals surface area contributed by atoms with E-state index in [1.54, 1.807) is 0 Å². The first-order chi connectivity index (χ1) is 9.58. The Morgan fingerprint density at radius 1 is 1.05 bits per heavy atom. The molecule has 0 fully saturated rings. The van der Waals surface area contributed by atoms with Crippen LogP contribution in [0.5, 0.6) is 5.75 Å². The molecule has 0 bridgehead atoms. The van der Waals surface area contributed by atoms with E-state index < -0.39 is 0 Å². The standard InChI is InChI=1S/C18H31NO/c1-5-8-16(19)9-7-10-18-14(3)12-17(13-15(18)4)20-11-6-2/h12-13,16H,5-11,19H2,1-4H3. The molecule has 0 saturated carbocycles. The molecule has 0 radical (unpaired) electrons. The van der Waals surface area contributed by atoms with Gasteiger partial charge in [-0.05, 0) is 74.8 Å². The first-order valence-corrected chi connectivity index (χ1v) is 8.07. The Morgan fingerprint density at radius 2 is 1.70 bits per heavy atom. The summed E-state index contributed by atoms with van der Waals surface area (Å²) in [5, 5.41) is 0. The van der Waals surface area contributed by atoms with E-state index in [2.05, 4.69) is 39.8 Å². The lowest BCUT2D eigenvalue weighted by molar-refractivity contribution is 0.317. The Morgan fingerprint density at radius 3 is 2.25 bits per heavy atom. The Balaban J connectivity index is 2.57. The van der Waals surface area contributed by atoms with E-state index in [4.69, 9.17) is 10.5 Å². The van der Waals surface area contributed by atoms with Crippen molar-refractivity contribution in [2.75, 3.05) is 6.61 Å². The number of aryl methyl sites for hydroxylation is 2. The van der Waals surface area contributed by atoms with Gasteiger partial charge in [-0.2, -0.15) is 0 Å². The molecule has 2 heteroatoms. The zero-order valence-corrected chi connectivity index (χ0v) is 13.7. The van der Waals surface area contributed by atoms with Gasteiger partial charge in [0.2, 0.25) is 0 Å². The maximum absolute atomic E-state index is 6.08. The number of rotatable bonds is 9. The van der Waals surface area contributed by atoms with Crippen molar-refractivity contribution in [1.29, 1.82) is 0 Å². The number of benzene rings is 1. The van der Waals surface area contributed by atoms with E-state index in [0.29, 0.717) is 6.04 Å². The van der Waals surface area contributed by atoms with Crippen LogP contribution < -0.4 is 10.5 Å². The van der Waals surface area contributed by atoms with Gasteiger partial charge in [0.25, 0.3) is 0 Å². The second kappa shape index (κ2) is 9.02. The molecule has 0 aromatic heterocycles. The van der Waals surface area contributed by atoms with Gasteiger partial charge in [0.05, 0.1) is 6.61 Å². The second-order valence-corrected chi connectivity index (χ2v) is 5.83. The molecule has 0 saturated heterocycles. The van der Waals surface area contributed by atoms with E-state index in [1.807, 2.05) is 0 Å². The van der Waals surface area contributed by atoms with Crippen molar-refractivity contribution in [2.45, 2.75) is 72.3 Å². The average molecular weight is 277 g/mol. The average Bonchev–Trinajstić information content (AvgIpc) is 2.40. The van der Waals surface area contributed by atoms with E-state index in [9.17, 15) is 0 Å². The SMILES string of the molecule is CCCOc1cc(C)c(CCCC(N)CCC)c(C)c1. The van der Waals surface area contributed by atoms with Crippen LogP contribution in [-0.4, -0.2) is 12.6 Å². The first-order valence-electron chi connectivity index (χ1n) is 8.07. The minimum atomic E-state index is 0.368. The zero-order valence-electron chi connectivity index (χ0n) is 13.7. The van der Waals surface area contributed by atoms with Gasteiger partial charge >= 0.3 is 0 Å². The first kappa shape index (κ1) is 17.0. The molecular formula is C18H31NO. The lowest BCUT2D eigenvalue weighted by Gasteiger charge is -2.15. The number of ether oxygens (including phenoxy) is 1. The molecule has 1 aromatic rings. The molecule has 0 amide bonds. The quantitative estimate of drug-likeness (QED) is 0.719. The van der Waals surface area contributed by atoms with Gasteiger partial charge in [-0.3, -0.25) is 0 Å². The molecule has 0 aliphatic carbocycles. The predicted molar refractivity (Wildman–Crippen MR) is 87.5 cm³/mol. The van der Waals surface area contributed by atoms with E-state index in [1.165, 1.54) is 29.5 Å². The van der Waals surface area contributed by atoms with Crippen LogP contribution in [0.3, 0.4) is 0 Å². The summed E-state index contributed by atoms with van der Waals surface area (Å²) in [4.78, 5) is 0. The van der Waals surface area contributed by atoms with Crippen molar-refractivity contribution in [3.63, 3.8) is 0 Å². The maximum atomic E-state index is 6.08. The molecule has 1 atom stereocenters. The van der Waals surface area contributed by atoms with E-state index >= 15 is 0 Å². The van der Waals surface area contributed by atoms with Gasteiger partial charge in [0, 0.05) is 6.04 Å². The Labute approximate surface area is 124 Å². The lowest BCUT2D eigenvalue weighted by atomic mass is 9.95. The van der Waals surface area contributed by atoms with Crippen LogP contribution in [0.4, 0.5) is 0 Å². The molecule has 114 valence electrons. The number of hydrogen-bond acceptors (Lipinski definition) is 2. The van der Waals surface area contributed by atoms with Gasteiger partial charge in [-0.25, -0.2) is 0 Å². The third-order valence-corrected chi connectivity index (χ3v) is 3.80. The highest BCUT2D eigenvalue weighted by Gasteiger charge is 2.07. The summed E-state index contributed by atoms with van der Waals surface area (Å²) in [6, 6.07) is 4.71. The smallest absolute Gasteiger partial charge is 0.119 e. The summed E-state index contributed by atoms with van der Waals surface area (Å²) < 4.78 is 5.73. The van der Waals surface area contributed by atoms with Gasteiger partial charge in [-0.1, -0.05) is 20.3 Å². The summed E-state index contributed by atoms with van der Waals surface area (Å²) in [5.41, 5.74) is 10.2. The molecule has 20 heavy (non-hydrogen) atoms. The molecule has 2 nitrogen and oxygen atoms in total. The van der Waals surface area contributed by atoms with Crippen molar-refractivity contribution in [3.8, 4) is 5.75 Å². The van der Waals surface area contributed by atoms with Crippen LogP contribution in [0.15, 0.2) is 12.1 Å². The molecule has 1 aromatic carbocycles. The van der Waals surface area contributed by atoms with Crippen molar-refractivity contribution in [3.05, 3.63) is 28.8 Å². The van der Waals surface area contributed by atoms with Crippen LogP contribution in [0.2, 0.25) is 0 Å². The predicted octanol–water partition coefficient (Wildman–Crippen LogP) is 4.54. The van der Waals surface area contributed by atoms with Gasteiger partial charge < -0.3 is 10.5 Å². The molecule has 0 heterocycles. The highest BCUT2D eigenvalue weighted by atomic mass is 16.5. The monoisotopic (exact) mass is 277 g/mol. The highest BCUT2D eigenvalue weighted by Crippen LogP contribution is 2.24. The fraction of sp³-hybridized carbons (Fsp3) is 0.667. The fourth-order valence-corrected chi connectivity index (χ4v) is 2.71. The van der Waals surface area contributed by atoms with Crippen LogP contribution in [0.1, 0.15) is 62.6 Å². The van der Waals surface area contributed by atoms with E-state index in [-0.39, 0.29) is 0 Å². The maximum Gasteiger partial charge on any atom is 0.119 e. The minimum Gasteiger partial charge on any atom is -0.494 e. The summed E-state index contributed by atoms with van der Waals surface area (Å²) in [6.07, 6.45) is 6.81. The van der Waals surface area contributed by atoms with Crippen molar-refractivity contribution >= 4 is 0 Å². The largest absolute Gasteiger partial charge is 0.494 e. The van der Waals surface area contributed by atoms with Crippen LogP contribution in [-0.2, 0) is 6.42 Å². The number of hydrogen-bond donors (Lipinski definition) is 1. The minimum absolute atomic E-state index is 0.368. The molecular weight excluding hydrogens is 246 g/mol. The Kier molecular flexibility index (Phi) is 7.68. The summed E-state index contributed by atoms with van der Waals surface area (Å²) in [5.74, 6) is 1.01. The fourth-order valence-electron chi connectivity index (χ4n) is 2.71. The molecule has 2 N–H and O–H groups in total. The van der Waals surface area contributed by atoms with Gasteiger partial charge in [0.15, 0.2) is 0 Å². The molecule has 1 unspecified atom stereocenters. The second-order valence-electron chi connectivity index (χ2n) is 5.83. The van der Waals surface area contributed by atoms with Crippen molar-refractivity contribution in [2.24, 2.45) is 5.73 Å². The zero-order chi connectivity index (χ0) is 15.0. The summed E-state index contributed by atoms with van der Waals surface area (Å²) in [6.45, 7) is 9.50.